The highest BCUT2D eigenvalue weighted by Crippen LogP contribution is 2.18. The number of nitrogens with zero attached hydrogens (tertiary/aromatic N) is 1. The maximum atomic E-state index is 13.4. The lowest BCUT2D eigenvalue weighted by molar-refractivity contribution is 0.303. The van der Waals surface area contributed by atoms with Crippen molar-refractivity contribution in [3.05, 3.63) is 59.2 Å². The summed E-state index contributed by atoms with van der Waals surface area (Å²) >= 11 is 0. The second kappa shape index (κ2) is 6.29. The molecule has 1 heterocycles. The van der Waals surface area contributed by atoms with Crippen molar-refractivity contribution in [1.82, 2.24) is 4.98 Å². The van der Waals surface area contributed by atoms with E-state index in [1.807, 2.05) is 19.1 Å². The zero-order chi connectivity index (χ0) is 13.7. The minimum Gasteiger partial charge on any atom is -0.489 e. The zero-order valence-corrected chi connectivity index (χ0v) is 10.9. The predicted molar refractivity (Wildman–Crippen MR) is 72.5 cm³/mol. The fraction of sp³-hybridized carbons (Fsp3) is 0.267. The Morgan fingerprint density at radius 2 is 2.00 bits per heavy atom. The predicted octanol–water partition coefficient (Wildman–Crippen LogP) is 2.61. The van der Waals surface area contributed by atoms with Gasteiger partial charge in [-0.1, -0.05) is 0 Å². The molecular formula is C15H17FN2O. The Bertz CT molecular complexity index is 558. The normalized spacial score (nSPS) is 10.5. The van der Waals surface area contributed by atoms with Crippen molar-refractivity contribution in [3.8, 4) is 5.75 Å². The van der Waals surface area contributed by atoms with E-state index in [2.05, 4.69) is 4.98 Å². The minimum absolute atomic E-state index is 0.302. The first-order valence-corrected chi connectivity index (χ1v) is 6.20. The van der Waals surface area contributed by atoms with E-state index in [4.69, 9.17) is 10.5 Å². The summed E-state index contributed by atoms with van der Waals surface area (Å²) in [7, 11) is 0. The summed E-state index contributed by atoms with van der Waals surface area (Å²) in [5.74, 6) is 0.216. The summed E-state index contributed by atoms with van der Waals surface area (Å²) in [5.41, 5.74) is 8.35. The molecule has 1 aromatic heterocycles. The summed E-state index contributed by atoms with van der Waals surface area (Å²) in [6.07, 6.45) is 4.16. The van der Waals surface area contributed by atoms with E-state index < -0.39 is 0 Å². The van der Waals surface area contributed by atoms with Crippen LogP contribution in [0.15, 0.2) is 36.7 Å². The Hall–Kier alpha value is -1.94. The second-order valence-corrected chi connectivity index (χ2v) is 4.49. The van der Waals surface area contributed by atoms with Crippen molar-refractivity contribution in [2.24, 2.45) is 5.73 Å². The molecule has 0 radical (unpaired) electrons. The average Bonchev–Trinajstić information content (AvgIpc) is 2.36. The van der Waals surface area contributed by atoms with E-state index in [0.717, 1.165) is 16.7 Å². The third-order valence-corrected chi connectivity index (χ3v) is 2.70. The molecule has 0 aliphatic rings. The molecule has 0 saturated carbocycles. The molecule has 0 atom stereocenters. The molecule has 100 valence electrons. The third kappa shape index (κ3) is 4.03. The van der Waals surface area contributed by atoms with E-state index in [9.17, 15) is 4.39 Å². The maximum absolute atomic E-state index is 13.4. The summed E-state index contributed by atoms with van der Waals surface area (Å²) in [6, 6.07) is 6.67. The maximum Gasteiger partial charge on any atom is 0.127 e. The first-order chi connectivity index (χ1) is 9.17. The van der Waals surface area contributed by atoms with E-state index in [-0.39, 0.29) is 5.82 Å². The van der Waals surface area contributed by atoms with Gasteiger partial charge >= 0.3 is 0 Å². The summed E-state index contributed by atoms with van der Waals surface area (Å²) < 4.78 is 19.0. The molecular weight excluding hydrogens is 243 g/mol. The van der Waals surface area contributed by atoms with Crippen LogP contribution >= 0.6 is 0 Å². The molecule has 4 heteroatoms. The Labute approximate surface area is 112 Å². The molecule has 19 heavy (non-hydrogen) atoms. The van der Waals surface area contributed by atoms with Crippen molar-refractivity contribution in [2.75, 3.05) is 6.54 Å². The topological polar surface area (TPSA) is 48.1 Å². The first kappa shape index (κ1) is 13.5. The molecule has 2 aromatic rings. The van der Waals surface area contributed by atoms with E-state index in [1.54, 1.807) is 12.4 Å². The van der Waals surface area contributed by atoms with E-state index >= 15 is 0 Å². The number of ether oxygens (including phenoxy) is 1. The summed E-state index contributed by atoms with van der Waals surface area (Å²) in [6.45, 7) is 2.84. The van der Waals surface area contributed by atoms with Gasteiger partial charge in [-0.3, -0.25) is 4.98 Å². The van der Waals surface area contributed by atoms with Gasteiger partial charge in [-0.05, 0) is 49.2 Å². The fourth-order valence-electron chi connectivity index (χ4n) is 1.88. The lowest BCUT2D eigenvalue weighted by Crippen LogP contribution is -2.04. The van der Waals surface area contributed by atoms with Crippen LogP contribution < -0.4 is 10.5 Å². The number of benzene rings is 1. The minimum atomic E-state index is -0.302. The van der Waals surface area contributed by atoms with Crippen LogP contribution in [-0.4, -0.2) is 11.5 Å². The molecule has 0 aliphatic heterocycles. The van der Waals surface area contributed by atoms with Crippen molar-refractivity contribution in [1.29, 1.82) is 0 Å². The number of aryl methyl sites for hydroxylation is 1. The van der Waals surface area contributed by atoms with Gasteiger partial charge in [-0.15, -0.1) is 0 Å². The quantitative estimate of drug-likeness (QED) is 0.899. The van der Waals surface area contributed by atoms with Gasteiger partial charge < -0.3 is 10.5 Å². The third-order valence-electron chi connectivity index (χ3n) is 2.70. The smallest absolute Gasteiger partial charge is 0.127 e. The highest BCUT2D eigenvalue weighted by Gasteiger charge is 2.02. The molecule has 1 aromatic carbocycles. The van der Waals surface area contributed by atoms with Crippen LogP contribution in [0.4, 0.5) is 4.39 Å². The average molecular weight is 260 g/mol. The number of aromatic nitrogens is 1. The van der Waals surface area contributed by atoms with Gasteiger partial charge in [-0.2, -0.15) is 0 Å². The van der Waals surface area contributed by atoms with Crippen LogP contribution in [0.1, 0.15) is 16.7 Å². The van der Waals surface area contributed by atoms with Gasteiger partial charge in [0.05, 0.1) is 0 Å². The number of halogens is 1. The monoisotopic (exact) mass is 260 g/mol. The van der Waals surface area contributed by atoms with Crippen LogP contribution in [0, 0.1) is 12.7 Å². The molecule has 0 saturated heterocycles. The van der Waals surface area contributed by atoms with Crippen LogP contribution in [0.25, 0.3) is 0 Å². The van der Waals surface area contributed by atoms with Crippen LogP contribution in [0.5, 0.6) is 5.75 Å². The van der Waals surface area contributed by atoms with Gasteiger partial charge in [0.2, 0.25) is 0 Å². The molecule has 0 fully saturated rings. The number of hydrogen-bond acceptors (Lipinski definition) is 3. The van der Waals surface area contributed by atoms with Gasteiger partial charge in [0.25, 0.3) is 0 Å². The van der Waals surface area contributed by atoms with Gasteiger partial charge in [0, 0.05) is 24.0 Å². The molecule has 2 N–H and O–H groups in total. The Kier molecular flexibility index (Phi) is 4.47. The first-order valence-electron chi connectivity index (χ1n) is 6.20. The largest absolute Gasteiger partial charge is 0.489 e. The van der Waals surface area contributed by atoms with Crippen molar-refractivity contribution in [2.45, 2.75) is 20.0 Å². The van der Waals surface area contributed by atoms with E-state index in [1.165, 1.54) is 12.1 Å². The van der Waals surface area contributed by atoms with Crippen LogP contribution in [0.3, 0.4) is 0 Å². The molecule has 0 unspecified atom stereocenters. The fourth-order valence-corrected chi connectivity index (χ4v) is 1.88. The van der Waals surface area contributed by atoms with E-state index in [0.29, 0.717) is 25.3 Å². The molecule has 0 spiro atoms. The summed E-state index contributed by atoms with van der Waals surface area (Å²) in [4.78, 5) is 4.09. The highest BCUT2D eigenvalue weighted by atomic mass is 19.1. The Morgan fingerprint density at radius 3 is 2.74 bits per heavy atom. The molecule has 0 bridgehead atoms. The number of hydrogen-bond donors (Lipinski definition) is 1. The lowest BCUT2D eigenvalue weighted by atomic mass is 10.1. The standard InChI is InChI=1S/C15H17FN2O/c1-11-4-13(9-18-8-11)10-19-15-6-12(2-3-17)5-14(16)7-15/h4-9H,2-3,10,17H2,1H3. The molecule has 2 rings (SSSR count). The van der Waals surface area contributed by atoms with Crippen LogP contribution in [-0.2, 0) is 13.0 Å². The molecule has 3 nitrogen and oxygen atoms in total. The SMILES string of the molecule is Cc1cncc(COc2cc(F)cc(CCN)c2)c1. The number of pyridine rings is 1. The van der Waals surface area contributed by atoms with Gasteiger partial charge in [-0.25, -0.2) is 4.39 Å². The Morgan fingerprint density at radius 1 is 1.16 bits per heavy atom. The number of nitrogens with two attached hydrogens (primary N) is 1. The summed E-state index contributed by atoms with van der Waals surface area (Å²) in [5, 5.41) is 0. The second-order valence-electron chi connectivity index (χ2n) is 4.49. The number of rotatable bonds is 5. The van der Waals surface area contributed by atoms with Crippen molar-refractivity contribution < 1.29 is 9.13 Å². The lowest BCUT2D eigenvalue weighted by Gasteiger charge is -2.08. The van der Waals surface area contributed by atoms with Gasteiger partial charge in [0.1, 0.15) is 18.2 Å². The van der Waals surface area contributed by atoms with Crippen molar-refractivity contribution in [3.63, 3.8) is 0 Å². The zero-order valence-electron chi connectivity index (χ0n) is 10.9. The molecule has 0 aliphatic carbocycles. The van der Waals surface area contributed by atoms with Crippen LogP contribution in [0.2, 0.25) is 0 Å². The Balaban J connectivity index is 2.06. The van der Waals surface area contributed by atoms with Crippen molar-refractivity contribution >= 4 is 0 Å². The highest BCUT2D eigenvalue weighted by molar-refractivity contribution is 5.30. The van der Waals surface area contributed by atoms with Gasteiger partial charge in [0.15, 0.2) is 0 Å². The molecule has 0 amide bonds.